The van der Waals surface area contributed by atoms with Gasteiger partial charge in [0.1, 0.15) is 17.2 Å². The number of hydrogen-bond acceptors (Lipinski definition) is 7. The summed E-state index contributed by atoms with van der Waals surface area (Å²) in [7, 11) is -4.15. The molecule has 15 heteroatoms. The number of pyridine rings is 1. The molecule has 1 amide bonds. The van der Waals surface area contributed by atoms with Crippen LogP contribution in [0.4, 0.5) is 18.0 Å². The molecule has 1 saturated carbocycles. The van der Waals surface area contributed by atoms with E-state index in [1.165, 1.54) is 21.6 Å². The van der Waals surface area contributed by atoms with Gasteiger partial charge in [0.05, 0.1) is 21.8 Å². The lowest BCUT2D eigenvalue weighted by Gasteiger charge is -2.35. The summed E-state index contributed by atoms with van der Waals surface area (Å²) in [5, 5.41) is 7.14. The van der Waals surface area contributed by atoms with Crippen LogP contribution in [0, 0.1) is 0 Å². The first-order chi connectivity index (χ1) is 18.2. The SMILES string of the molecule is CC(C)(C)OC(=O)N1CC(=Cc2cc(-c3nnc(C(F)F)s3)n3cc(S(=O)(=O)NC4(CF)CC4)cc(Cl)c23)C1. The molecule has 1 aliphatic heterocycles. The maximum absolute atomic E-state index is 13.4. The number of rotatable bonds is 7. The second kappa shape index (κ2) is 9.75. The minimum atomic E-state index is -4.15. The summed E-state index contributed by atoms with van der Waals surface area (Å²) in [5.41, 5.74) is 0.405. The zero-order valence-corrected chi connectivity index (χ0v) is 23.6. The number of carbonyl (C=O) groups is 1. The summed E-state index contributed by atoms with van der Waals surface area (Å²) in [6.07, 6.45) is 0.593. The Bertz CT molecular complexity index is 1580. The topological polar surface area (TPSA) is 106 Å². The molecule has 39 heavy (non-hydrogen) atoms. The van der Waals surface area contributed by atoms with E-state index in [1.807, 2.05) is 0 Å². The molecule has 0 unspecified atom stereocenters. The summed E-state index contributed by atoms with van der Waals surface area (Å²) in [5.74, 6) is 0. The van der Waals surface area contributed by atoms with Gasteiger partial charge >= 0.3 is 6.09 Å². The average Bonchev–Trinajstić information content (AvgIpc) is 3.22. The fourth-order valence-electron chi connectivity index (χ4n) is 4.11. The van der Waals surface area contributed by atoms with Gasteiger partial charge in [-0.05, 0) is 57.4 Å². The molecule has 210 valence electrons. The molecule has 3 aromatic heterocycles. The van der Waals surface area contributed by atoms with Crippen molar-refractivity contribution in [1.29, 1.82) is 0 Å². The molecule has 0 atom stereocenters. The van der Waals surface area contributed by atoms with Crippen LogP contribution in [0.3, 0.4) is 0 Å². The Morgan fingerprint density at radius 1 is 1.28 bits per heavy atom. The van der Waals surface area contributed by atoms with Crippen molar-refractivity contribution in [1.82, 2.24) is 24.2 Å². The van der Waals surface area contributed by atoms with E-state index in [9.17, 15) is 26.4 Å². The van der Waals surface area contributed by atoms with Crippen LogP contribution in [0.15, 0.2) is 28.8 Å². The summed E-state index contributed by atoms with van der Waals surface area (Å²) in [6, 6.07) is 2.91. The molecule has 0 bridgehead atoms. The Kier molecular flexibility index (Phi) is 6.97. The standard InChI is InChI=1S/C24H25ClF3N5O4S2/c1-23(2,3)37-22(34)32-9-13(10-32)6-14-7-17(20-29-30-21(38-20)19(27)28)33-11-15(8-16(25)18(14)33)39(35,36)31-24(12-26)4-5-24/h6-8,11,19,31H,4-5,9-10,12H2,1-3H3. The Hall–Kier alpha value is -2.68. The van der Waals surface area contributed by atoms with Crippen molar-refractivity contribution in [2.75, 3.05) is 19.8 Å². The number of halogens is 4. The lowest BCUT2D eigenvalue weighted by atomic mass is 10.1. The summed E-state index contributed by atoms with van der Waals surface area (Å²) in [4.78, 5) is 13.6. The van der Waals surface area contributed by atoms with E-state index in [-0.39, 0.29) is 14.9 Å². The predicted octanol–water partition coefficient (Wildman–Crippen LogP) is 5.46. The van der Waals surface area contributed by atoms with Crippen molar-refractivity contribution in [3.8, 4) is 10.7 Å². The van der Waals surface area contributed by atoms with Gasteiger partial charge in [-0.25, -0.2) is 31.1 Å². The molecule has 2 fully saturated rings. The molecule has 2 aliphatic rings. The van der Waals surface area contributed by atoms with Crippen LogP contribution >= 0.6 is 22.9 Å². The number of carbonyl (C=O) groups excluding carboxylic acids is 1. The van der Waals surface area contributed by atoms with Gasteiger partial charge in [-0.15, -0.1) is 10.2 Å². The monoisotopic (exact) mass is 603 g/mol. The van der Waals surface area contributed by atoms with Gasteiger partial charge in [0.25, 0.3) is 6.43 Å². The quantitative estimate of drug-likeness (QED) is 0.384. The number of hydrogen-bond donors (Lipinski definition) is 1. The normalized spacial score (nSPS) is 17.0. The largest absolute Gasteiger partial charge is 0.444 e. The van der Waals surface area contributed by atoms with E-state index < -0.39 is 45.4 Å². The first kappa shape index (κ1) is 27.9. The number of amides is 1. The number of fused-ring (bicyclic) bond motifs is 1. The fraction of sp³-hybridized carbons (Fsp3) is 0.458. The highest BCUT2D eigenvalue weighted by Crippen LogP contribution is 2.39. The Labute approximate surface area is 231 Å². The molecule has 4 heterocycles. The highest BCUT2D eigenvalue weighted by molar-refractivity contribution is 7.89. The van der Waals surface area contributed by atoms with E-state index in [0.717, 1.165) is 5.57 Å². The van der Waals surface area contributed by atoms with Gasteiger partial charge in [-0.1, -0.05) is 22.9 Å². The third kappa shape index (κ3) is 5.65. The third-order valence-electron chi connectivity index (χ3n) is 6.23. The molecule has 1 N–H and O–H groups in total. The van der Waals surface area contributed by atoms with Crippen LogP contribution in [0.5, 0.6) is 0 Å². The van der Waals surface area contributed by atoms with Gasteiger partial charge in [-0.2, -0.15) is 0 Å². The first-order valence-electron chi connectivity index (χ1n) is 11.9. The van der Waals surface area contributed by atoms with Crippen molar-refractivity contribution in [2.24, 2.45) is 0 Å². The zero-order chi connectivity index (χ0) is 28.3. The second-order valence-corrected chi connectivity index (χ2v) is 13.7. The summed E-state index contributed by atoms with van der Waals surface area (Å²) < 4.78 is 75.3. The Morgan fingerprint density at radius 3 is 2.54 bits per heavy atom. The minimum absolute atomic E-state index is 0.0722. The van der Waals surface area contributed by atoms with Crippen LogP contribution in [0.2, 0.25) is 5.02 Å². The summed E-state index contributed by atoms with van der Waals surface area (Å²) in [6.45, 7) is 5.12. The van der Waals surface area contributed by atoms with Crippen molar-refractivity contribution in [3.63, 3.8) is 0 Å². The smallest absolute Gasteiger partial charge is 0.410 e. The molecule has 0 aromatic carbocycles. The van der Waals surface area contributed by atoms with Crippen LogP contribution in [-0.2, 0) is 14.8 Å². The number of aromatic nitrogens is 3. The number of alkyl halides is 3. The second-order valence-electron chi connectivity index (χ2n) is 10.6. The lowest BCUT2D eigenvalue weighted by Crippen LogP contribution is -2.46. The number of nitrogens with one attached hydrogen (secondary N) is 1. The van der Waals surface area contributed by atoms with Crippen LogP contribution in [0.25, 0.3) is 22.3 Å². The van der Waals surface area contributed by atoms with Gasteiger partial charge in [0.15, 0.2) is 10.0 Å². The number of ether oxygens (including phenoxy) is 1. The van der Waals surface area contributed by atoms with E-state index in [0.29, 0.717) is 54.0 Å². The molecule has 1 aliphatic carbocycles. The van der Waals surface area contributed by atoms with Crippen LogP contribution in [-0.4, -0.2) is 64.9 Å². The van der Waals surface area contributed by atoms with Crippen LogP contribution in [0.1, 0.15) is 50.6 Å². The Morgan fingerprint density at radius 2 is 1.97 bits per heavy atom. The third-order valence-corrected chi connectivity index (χ3v) is 9.02. The lowest BCUT2D eigenvalue weighted by molar-refractivity contribution is 0.0216. The average molecular weight is 604 g/mol. The van der Waals surface area contributed by atoms with Crippen molar-refractivity contribution in [3.05, 3.63) is 39.5 Å². The highest BCUT2D eigenvalue weighted by Gasteiger charge is 2.46. The maximum atomic E-state index is 13.4. The number of sulfonamides is 1. The van der Waals surface area contributed by atoms with Crippen LogP contribution < -0.4 is 4.72 Å². The van der Waals surface area contributed by atoms with E-state index in [1.54, 1.807) is 32.9 Å². The highest BCUT2D eigenvalue weighted by atomic mass is 35.5. The molecular weight excluding hydrogens is 579 g/mol. The van der Waals surface area contributed by atoms with E-state index >= 15 is 0 Å². The molecule has 1 saturated heterocycles. The van der Waals surface area contributed by atoms with Gasteiger partial charge < -0.3 is 14.0 Å². The number of nitrogens with zero attached hydrogens (tertiary/aromatic N) is 4. The van der Waals surface area contributed by atoms with Gasteiger partial charge in [0, 0.05) is 24.8 Å². The minimum Gasteiger partial charge on any atom is -0.444 e. The van der Waals surface area contributed by atoms with E-state index in [2.05, 4.69) is 14.9 Å². The molecule has 0 spiro atoms. The molecular formula is C24H25ClF3N5O4S2. The van der Waals surface area contributed by atoms with Crippen molar-refractivity contribution >= 4 is 50.6 Å². The van der Waals surface area contributed by atoms with Crippen molar-refractivity contribution < 1.29 is 31.1 Å². The van der Waals surface area contributed by atoms with E-state index in [4.69, 9.17) is 16.3 Å². The number of likely N-dealkylation sites (tertiary alicyclic amines) is 1. The molecule has 0 radical (unpaired) electrons. The van der Waals surface area contributed by atoms with Gasteiger partial charge in [-0.3, -0.25) is 0 Å². The maximum Gasteiger partial charge on any atom is 0.410 e. The van der Waals surface area contributed by atoms with Gasteiger partial charge in [0.2, 0.25) is 10.0 Å². The Balaban J connectivity index is 1.55. The fourth-order valence-corrected chi connectivity index (χ4v) is 6.66. The zero-order valence-electron chi connectivity index (χ0n) is 21.2. The first-order valence-corrected chi connectivity index (χ1v) is 14.6. The predicted molar refractivity (Wildman–Crippen MR) is 140 cm³/mol. The van der Waals surface area contributed by atoms with Crippen molar-refractivity contribution in [2.45, 2.75) is 56.1 Å². The molecule has 9 nitrogen and oxygen atoms in total. The molecule has 5 rings (SSSR count). The molecule has 3 aromatic rings. The summed E-state index contributed by atoms with van der Waals surface area (Å²) >= 11 is 7.27.